The van der Waals surface area contributed by atoms with Gasteiger partial charge in [-0.2, -0.15) is 0 Å². The highest BCUT2D eigenvalue weighted by atomic mass is 32.1. The number of hydrogen-bond donors (Lipinski definition) is 1. The Balaban J connectivity index is 1.39. The predicted octanol–water partition coefficient (Wildman–Crippen LogP) is 3.68. The van der Waals surface area contributed by atoms with Gasteiger partial charge in [0.1, 0.15) is 6.10 Å². The lowest BCUT2D eigenvalue weighted by Crippen LogP contribution is -2.28. The molecule has 3 aromatic rings. The maximum atomic E-state index is 12.4. The van der Waals surface area contributed by atoms with Crippen LogP contribution in [0.2, 0.25) is 0 Å². The van der Waals surface area contributed by atoms with Gasteiger partial charge in [0, 0.05) is 11.3 Å². The fourth-order valence-corrected chi connectivity index (χ4v) is 3.89. The van der Waals surface area contributed by atoms with Crippen molar-refractivity contribution >= 4 is 29.2 Å². The number of thiophene rings is 1. The van der Waals surface area contributed by atoms with E-state index in [9.17, 15) is 14.4 Å². The molecule has 30 heavy (non-hydrogen) atoms. The van der Waals surface area contributed by atoms with Gasteiger partial charge in [-0.1, -0.05) is 36.4 Å². The summed E-state index contributed by atoms with van der Waals surface area (Å²) < 4.78 is 10.7. The Hall–Kier alpha value is -3.45. The molecule has 1 N–H and O–H groups in total. The summed E-state index contributed by atoms with van der Waals surface area (Å²) in [6.45, 7) is 0.0336. The average molecular weight is 421 g/mol. The molecule has 0 radical (unpaired) electrons. The number of cyclic esters (lactones) is 1. The number of carbonyl (C=O) groups is 3. The van der Waals surface area contributed by atoms with Crippen molar-refractivity contribution < 1.29 is 23.9 Å². The van der Waals surface area contributed by atoms with E-state index >= 15 is 0 Å². The number of esters is 2. The van der Waals surface area contributed by atoms with Gasteiger partial charge in [0.15, 0.2) is 6.61 Å². The maximum Gasteiger partial charge on any atom is 0.339 e. The molecular weight excluding hydrogens is 402 g/mol. The summed E-state index contributed by atoms with van der Waals surface area (Å²) >= 11 is 1.54. The van der Waals surface area contributed by atoms with Gasteiger partial charge >= 0.3 is 11.9 Å². The summed E-state index contributed by atoms with van der Waals surface area (Å²) in [6.07, 6.45) is 0.0635. The minimum Gasteiger partial charge on any atom is -0.454 e. The van der Waals surface area contributed by atoms with Crippen molar-refractivity contribution in [2.75, 3.05) is 6.61 Å². The Labute approximate surface area is 177 Å². The number of amides is 1. The number of carbonyl (C=O) groups excluding carboxylic acids is 3. The summed E-state index contributed by atoms with van der Waals surface area (Å²) in [6, 6.07) is 18.0. The van der Waals surface area contributed by atoms with Crippen molar-refractivity contribution in [2.45, 2.75) is 19.1 Å². The molecule has 0 aliphatic carbocycles. The SMILES string of the molecule is O=C(COC(=O)c1ccc2c(c1)CC(c1ccccc1)OC2=O)NCc1cccs1. The fraction of sp³-hybridized carbons (Fsp3) is 0.174. The molecule has 1 aliphatic heterocycles. The van der Waals surface area contributed by atoms with E-state index in [0.29, 0.717) is 24.1 Å². The monoisotopic (exact) mass is 421 g/mol. The first kappa shape index (κ1) is 19.8. The molecule has 0 saturated carbocycles. The first-order chi connectivity index (χ1) is 14.6. The number of nitrogens with one attached hydrogen (secondary N) is 1. The van der Waals surface area contributed by atoms with Crippen LogP contribution >= 0.6 is 11.3 Å². The fourth-order valence-electron chi connectivity index (χ4n) is 3.24. The van der Waals surface area contributed by atoms with Gasteiger partial charge in [0.05, 0.1) is 17.7 Å². The number of rotatable bonds is 6. The van der Waals surface area contributed by atoms with Crippen LogP contribution in [0, 0.1) is 0 Å². The number of benzene rings is 2. The molecule has 1 aromatic heterocycles. The second-order valence-electron chi connectivity index (χ2n) is 6.81. The van der Waals surface area contributed by atoms with Crippen LogP contribution in [0.25, 0.3) is 0 Å². The van der Waals surface area contributed by atoms with Crippen LogP contribution in [0.3, 0.4) is 0 Å². The van der Waals surface area contributed by atoms with Crippen molar-refractivity contribution in [1.82, 2.24) is 5.32 Å². The van der Waals surface area contributed by atoms with Crippen molar-refractivity contribution in [1.29, 1.82) is 0 Å². The normalized spacial score (nSPS) is 15.1. The minimum atomic E-state index is -0.612. The highest BCUT2D eigenvalue weighted by Crippen LogP contribution is 2.31. The van der Waals surface area contributed by atoms with Gasteiger partial charge in [-0.15, -0.1) is 11.3 Å². The quantitative estimate of drug-likeness (QED) is 0.614. The van der Waals surface area contributed by atoms with E-state index in [1.165, 1.54) is 17.4 Å². The summed E-state index contributed by atoms with van der Waals surface area (Å²) in [5.41, 5.74) is 2.34. The molecule has 7 heteroatoms. The lowest BCUT2D eigenvalue weighted by atomic mass is 9.93. The first-order valence-electron chi connectivity index (χ1n) is 9.45. The average Bonchev–Trinajstić information content (AvgIpc) is 3.30. The van der Waals surface area contributed by atoms with Gasteiger partial charge in [0.2, 0.25) is 0 Å². The predicted molar refractivity (Wildman–Crippen MR) is 111 cm³/mol. The summed E-state index contributed by atoms with van der Waals surface area (Å²) in [5, 5.41) is 4.63. The Bertz CT molecular complexity index is 1060. The van der Waals surface area contributed by atoms with Gasteiger partial charge in [0.25, 0.3) is 5.91 Å². The molecule has 6 nitrogen and oxygen atoms in total. The van der Waals surface area contributed by atoms with Crippen LogP contribution in [0.1, 0.15) is 42.8 Å². The third-order valence-electron chi connectivity index (χ3n) is 4.76. The van der Waals surface area contributed by atoms with Crippen molar-refractivity contribution in [3.63, 3.8) is 0 Å². The molecule has 2 aromatic carbocycles. The van der Waals surface area contributed by atoms with Crippen LogP contribution in [0.5, 0.6) is 0 Å². The molecule has 1 amide bonds. The largest absolute Gasteiger partial charge is 0.454 e. The maximum absolute atomic E-state index is 12.4. The lowest BCUT2D eigenvalue weighted by Gasteiger charge is -2.25. The standard InChI is InChI=1S/C23H19NO5S/c25-21(24-13-18-7-4-10-30-18)14-28-22(26)16-8-9-19-17(11-16)12-20(29-23(19)27)15-5-2-1-3-6-15/h1-11,20H,12-14H2,(H,24,25). The Morgan fingerprint density at radius 3 is 2.70 bits per heavy atom. The summed E-state index contributed by atoms with van der Waals surface area (Å²) in [4.78, 5) is 37.7. The highest BCUT2D eigenvalue weighted by Gasteiger charge is 2.28. The number of ether oxygens (including phenoxy) is 2. The third kappa shape index (κ3) is 4.58. The number of fused-ring (bicyclic) bond motifs is 1. The molecule has 4 rings (SSSR count). The van der Waals surface area contributed by atoms with Gasteiger partial charge in [-0.3, -0.25) is 4.79 Å². The molecule has 1 atom stereocenters. The zero-order valence-corrected chi connectivity index (χ0v) is 16.8. The minimum absolute atomic E-state index is 0.293. The zero-order chi connectivity index (χ0) is 20.9. The van der Waals surface area contributed by atoms with Gasteiger partial charge in [-0.25, -0.2) is 9.59 Å². The molecule has 1 aliphatic rings. The van der Waals surface area contributed by atoms with E-state index < -0.39 is 18.0 Å². The summed E-state index contributed by atoms with van der Waals surface area (Å²) in [7, 11) is 0. The van der Waals surface area contributed by atoms with Crippen LogP contribution in [0.15, 0.2) is 66.0 Å². The molecule has 2 heterocycles. The van der Waals surface area contributed by atoms with Crippen molar-refractivity contribution in [3.05, 3.63) is 93.2 Å². The van der Waals surface area contributed by atoms with Gasteiger partial charge in [-0.05, 0) is 40.8 Å². The topological polar surface area (TPSA) is 81.7 Å². The Morgan fingerprint density at radius 1 is 1.10 bits per heavy atom. The first-order valence-corrected chi connectivity index (χ1v) is 10.3. The van der Waals surface area contributed by atoms with Gasteiger partial charge < -0.3 is 14.8 Å². The van der Waals surface area contributed by atoms with E-state index in [1.807, 2.05) is 47.8 Å². The smallest absolute Gasteiger partial charge is 0.339 e. The lowest BCUT2D eigenvalue weighted by molar-refractivity contribution is -0.124. The van der Waals surface area contributed by atoms with Crippen LogP contribution in [0.4, 0.5) is 0 Å². The second-order valence-corrected chi connectivity index (χ2v) is 7.85. The molecule has 152 valence electrons. The van der Waals surface area contributed by atoms with E-state index in [1.54, 1.807) is 12.1 Å². The zero-order valence-electron chi connectivity index (χ0n) is 16.0. The van der Waals surface area contributed by atoms with Crippen LogP contribution in [-0.2, 0) is 27.2 Å². The highest BCUT2D eigenvalue weighted by molar-refractivity contribution is 7.09. The van der Waals surface area contributed by atoms with Crippen LogP contribution in [-0.4, -0.2) is 24.5 Å². The van der Waals surface area contributed by atoms with Crippen molar-refractivity contribution in [3.8, 4) is 0 Å². The number of hydrogen-bond acceptors (Lipinski definition) is 6. The summed E-state index contributed by atoms with van der Waals surface area (Å²) in [5.74, 6) is -1.40. The van der Waals surface area contributed by atoms with E-state index in [4.69, 9.17) is 9.47 Å². The molecule has 0 fully saturated rings. The third-order valence-corrected chi connectivity index (χ3v) is 5.64. The Kier molecular flexibility index (Phi) is 5.90. The van der Waals surface area contributed by atoms with E-state index in [2.05, 4.69) is 5.32 Å². The Morgan fingerprint density at radius 2 is 1.93 bits per heavy atom. The molecule has 1 unspecified atom stereocenters. The van der Waals surface area contributed by atoms with E-state index in [-0.39, 0.29) is 12.5 Å². The van der Waals surface area contributed by atoms with E-state index in [0.717, 1.165) is 16.0 Å². The second kappa shape index (κ2) is 8.92. The molecule has 0 bridgehead atoms. The molecular formula is C23H19NO5S. The van der Waals surface area contributed by atoms with Crippen molar-refractivity contribution in [2.24, 2.45) is 0 Å². The molecule has 0 saturated heterocycles. The molecule has 0 spiro atoms. The van der Waals surface area contributed by atoms with Crippen LogP contribution < -0.4 is 5.32 Å².